The second-order valence-corrected chi connectivity index (χ2v) is 7.53. The highest BCUT2D eigenvalue weighted by molar-refractivity contribution is 6.36. The second-order valence-electron chi connectivity index (χ2n) is 7.15. The molecule has 0 amide bonds. The van der Waals surface area contributed by atoms with Gasteiger partial charge in [-0.2, -0.15) is 0 Å². The smallest absolute Gasteiger partial charge is 0.130 e. The standard InChI is InChI=1S/C23H22ClN5O/c1-14-22(23(24)19(25)12-26-14)17-8-16-10-28-21(9-20(16)27-11-17)29(2)13-15-4-6-18(30-3)7-5-15/h4-12H,13,25H2,1-3H3. The maximum atomic E-state index is 6.42. The van der Waals surface area contributed by atoms with E-state index in [1.807, 2.05) is 56.6 Å². The molecule has 0 aliphatic carbocycles. The van der Waals surface area contributed by atoms with Crippen molar-refractivity contribution < 1.29 is 4.74 Å². The minimum atomic E-state index is 0.450. The third kappa shape index (κ3) is 3.86. The topological polar surface area (TPSA) is 77.2 Å². The Bertz CT molecular complexity index is 1210. The van der Waals surface area contributed by atoms with Crippen molar-refractivity contribution in [3.05, 3.63) is 71.3 Å². The van der Waals surface area contributed by atoms with Gasteiger partial charge in [-0.25, -0.2) is 4.98 Å². The zero-order valence-electron chi connectivity index (χ0n) is 17.1. The Kier molecular flexibility index (Phi) is 5.42. The highest BCUT2D eigenvalue weighted by Gasteiger charge is 2.13. The fraction of sp³-hybridized carbons (Fsp3) is 0.174. The van der Waals surface area contributed by atoms with Crippen LogP contribution in [0.5, 0.6) is 5.75 Å². The summed E-state index contributed by atoms with van der Waals surface area (Å²) in [5.41, 5.74) is 10.9. The van der Waals surface area contributed by atoms with Gasteiger partial charge in [0.1, 0.15) is 11.6 Å². The molecular weight excluding hydrogens is 398 g/mol. The number of aromatic nitrogens is 3. The number of nitrogen functional groups attached to an aromatic ring is 1. The highest BCUT2D eigenvalue weighted by atomic mass is 35.5. The van der Waals surface area contributed by atoms with Gasteiger partial charge in [0.2, 0.25) is 0 Å². The first-order valence-corrected chi connectivity index (χ1v) is 9.85. The van der Waals surface area contributed by atoms with Crippen LogP contribution in [0.2, 0.25) is 5.02 Å². The SMILES string of the molecule is COc1ccc(CN(C)c2cc3ncc(-c4c(C)ncc(N)c4Cl)cc3cn2)cc1. The van der Waals surface area contributed by atoms with Crippen LogP contribution in [0.25, 0.3) is 22.0 Å². The molecule has 152 valence electrons. The van der Waals surface area contributed by atoms with Crippen LogP contribution in [-0.2, 0) is 6.54 Å². The van der Waals surface area contributed by atoms with E-state index in [0.717, 1.165) is 45.8 Å². The van der Waals surface area contributed by atoms with Crippen LogP contribution in [0.15, 0.2) is 55.0 Å². The van der Waals surface area contributed by atoms with Gasteiger partial charge in [0, 0.05) is 54.3 Å². The fourth-order valence-electron chi connectivity index (χ4n) is 3.37. The van der Waals surface area contributed by atoms with Gasteiger partial charge in [-0.15, -0.1) is 0 Å². The van der Waals surface area contributed by atoms with E-state index >= 15 is 0 Å². The fourth-order valence-corrected chi connectivity index (χ4v) is 3.66. The third-order valence-electron chi connectivity index (χ3n) is 5.04. The number of nitrogens with zero attached hydrogens (tertiary/aromatic N) is 4. The van der Waals surface area contributed by atoms with Crippen LogP contribution >= 0.6 is 11.6 Å². The number of hydrogen-bond donors (Lipinski definition) is 1. The van der Waals surface area contributed by atoms with Crippen molar-refractivity contribution in [3.63, 3.8) is 0 Å². The Morgan fingerprint density at radius 3 is 2.53 bits per heavy atom. The summed E-state index contributed by atoms with van der Waals surface area (Å²) in [6.07, 6.45) is 5.20. The van der Waals surface area contributed by atoms with Crippen molar-refractivity contribution in [2.75, 3.05) is 24.8 Å². The molecule has 0 saturated heterocycles. The summed E-state index contributed by atoms with van der Waals surface area (Å²) in [6, 6.07) is 12.0. The molecule has 0 aliphatic rings. The summed E-state index contributed by atoms with van der Waals surface area (Å²) in [6.45, 7) is 2.63. The molecule has 0 bridgehead atoms. The van der Waals surface area contributed by atoms with Crippen molar-refractivity contribution in [3.8, 4) is 16.9 Å². The normalized spacial score (nSPS) is 10.9. The number of ether oxygens (including phenoxy) is 1. The van der Waals surface area contributed by atoms with E-state index in [4.69, 9.17) is 22.1 Å². The van der Waals surface area contributed by atoms with E-state index in [-0.39, 0.29) is 0 Å². The van der Waals surface area contributed by atoms with Gasteiger partial charge >= 0.3 is 0 Å². The van der Waals surface area contributed by atoms with Gasteiger partial charge in [0.25, 0.3) is 0 Å². The number of pyridine rings is 3. The highest BCUT2D eigenvalue weighted by Crippen LogP contribution is 2.35. The third-order valence-corrected chi connectivity index (χ3v) is 5.45. The molecule has 0 spiro atoms. The maximum absolute atomic E-state index is 6.42. The first-order valence-electron chi connectivity index (χ1n) is 9.47. The first kappa shape index (κ1) is 19.9. The maximum Gasteiger partial charge on any atom is 0.130 e. The van der Waals surface area contributed by atoms with Crippen molar-refractivity contribution in [2.24, 2.45) is 0 Å². The van der Waals surface area contributed by atoms with E-state index in [2.05, 4.69) is 19.9 Å². The molecule has 0 atom stereocenters. The van der Waals surface area contributed by atoms with E-state index in [1.54, 1.807) is 19.5 Å². The quantitative estimate of drug-likeness (QED) is 0.496. The number of fused-ring (bicyclic) bond motifs is 1. The summed E-state index contributed by atoms with van der Waals surface area (Å²) in [4.78, 5) is 15.7. The van der Waals surface area contributed by atoms with Gasteiger partial charge in [-0.3, -0.25) is 9.97 Å². The molecule has 1 aromatic carbocycles. The largest absolute Gasteiger partial charge is 0.497 e. The van der Waals surface area contributed by atoms with Crippen molar-refractivity contribution in [1.29, 1.82) is 0 Å². The van der Waals surface area contributed by atoms with Crippen molar-refractivity contribution >= 4 is 34.0 Å². The molecule has 0 aliphatic heterocycles. The first-order chi connectivity index (χ1) is 14.5. The molecule has 3 heterocycles. The van der Waals surface area contributed by atoms with Crippen LogP contribution in [-0.4, -0.2) is 29.1 Å². The summed E-state index contributed by atoms with van der Waals surface area (Å²) >= 11 is 6.42. The number of methoxy groups -OCH3 is 1. The lowest BCUT2D eigenvalue weighted by molar-refractivity contribution is 0.414. The zero-order valence-corrected chi connectivity index (χ0v) is 17.8. The lowest BCUT2D eigenvalue weighted by atomic mass is 10.0. The molecule has 30 heavy (non-hydrogen) atoms. The van der Waals surface area contributed by atoms with Crippen LogP contribution in [0.3, 0.4) is 0 Å². The summed E-state index contributed by atoms with van der Waals surface area (Å²) < 4.78 is 5.22. The van der Waals surface area contributed by atoms with Crippen LogP contribution in [0, 0.1) is 6.92 Å². The van der Waals surface area contributed by atoms with Crippen LogP contribution in [0.4, 0.5) is 11.5 Å². The number of halogens is 1. The number of hydrogen-bond acceptors (Lipinski definition) is 6. The molecule has 0 fully saturated rings. The lowest BCUT2D eigenvalue weighted by Crippen LogP contribution is -2.17. The van der Waals surface area contributed by atoms with Crippen molar-refractivity contribution in [1.82, 2.24) is 15.0 Å². The molecule has 4 rings (SSSR count). The molecule has 3 aromatic heterocycles. The van der Waals surface area contributed by atoms with E-state index in [0.29, 0.717) is 10.7 Å². The summed E-state index contributed by atoms with van der Waals surface area (Å²) in [7, 11) is 3.67. The second kappa shape index (κ2) is 8.16. The molecule has 0 unspecified atom stereocenters. The molecule has 4 aromatic rings. The zero-order chi connectivity index (χ0) is 21.3. The lowest BCUT2D eigenvalue weighted by Gasteiger charge is -2.19. The average molecular weight is 420 g/mol. The summed E-state index contributed by atoms with van der Waals surface area (Å²) in [5.74, 6) is 1.69. The molecule has 0 saturated carbocycles. The Morgan fingerprint density at radius 2 is 1.80 bits per heavy atom. The summed E-state index contributed by atoms with van der Waals surface area (Å²) in [5, 5.41) is 1.42. The number of benzene rings is 1. The molecule has 6 nitrogen and oxygen atoms in total. The van der Waals surface area contributed by atoms with Gasteiger partial charge in [0.05, 0.1) is 29.5 Å². The Morgan fingerprint density at radius 1 is 1.03 bits per heavy atom. The molecule has 0 radical (unpaired) electrons. The van der Waals surface area contributed by atoms with Gasteiger partial charge in [0.15, 0.2) is 0 Å². The van der Waals surface area contributed by atoms with E-state index < -0.39 is 0 Å². The number of aryl methyl sites for hydroxylation is 1. The van der Waals surface area contributed by atoms with E-state index in [9.17, 15) is 0 Å². The minimum Gasteiger partial charge on any atom is -0.497 e. The Hall–Kier alpha value is -3.38. The minimum absolute atomic E-state index is 0.450. The Labute approximate surface area is 180 Å². The molecule has 7 heteroatoms. The predicted molar refractivity (Wildman–Crippen MR) is 122 cm³/mol. The van der Waals surface area contributed by atoms with Crippen molar-refractivity contribution in [2.45, 2.75) is 13.5 Å². The van der Waals surface area contributed by atoms with Gasteiger partial charge in [-0.05, 0) is 30.7 Å². The monoisotopic (exact) mass is 419 g/mol. The predicted octanol–water partition coefficient (Wildman–Crippen LogP) is 4.88. The van der Waals surface area contributed by atoms with Gasteiger partial charge < -0.3 is 15.4 Å². The van der Waals surface area contributed by atoms with E-state index in [1.165, 1.54) is 5.56 Å². The molecule has 2 N–H and O–H groups in total. The van der Waals surface area contributed by atoms with Gasteiger partial charge in [-0.1, -0.05) is 23.7 Å². The number of nitrogens with two attached hydrogens (primary N) is 1. The number of rotatable bonds is 5. The van der Waals surface area contributed by atoms with Crippen LogP contribution in [0.1, 0.15) is 11.3 Å². The molecular formula is C23H22ClN5O. The van der Waals surface area contributed by atoms with Crippen LogP contribution < -0.4 is 15.4 Å². The number of anilines is 2. The Balaban J connectivity index is 1.62. The average Bonchev–Trinajstić information content (AvgIpc) is 2.76.